The fourth-order valence-corrected chi connectivity index (χ4v) is 4.29. The number of aromatic nitrogens is 2. The van der Waals surface area contributed by atoms with E-state index in [-0.39, 0.29) is 11.6 Å². The van der Waals surface area contributed by atoms with E-state index in [1.54, 1.807) is 6.92 Å². The van der Waals surface area contributed by atoms with Crippen molar-refractivity contribution in [2.75, 3.05) is 50.1 Å². The molecular formula is C21H26FN5O2. The Morgan fingerprint density at radius 2 is 1.79 bits per heavy atom. The topological polar surface area (TPSA) is 72.5 Å². The van der Waals surface area contributed by atoms with Gasteiger partial charge in [-0.05, 0) is 30.7 Å². The lowest BCUT2D eigenvalue weighted by Crippen LogP contribution is -2.34. The Hall–Kier alpha value is -2.90. The van der Waals surface area contributed by atoms with Crippen molar-refractivity contribution in [3.05, 3.63) is 51.7 Å². The number of halogens is 1. The van der Waals surface area contributed by atoms with Crippen LogP contribution in [0.1, 0.15) is 23.0 Å². The molecule has 0 radical (unpaired) electrons. The zero-order valence-corrected chi connectivity index (χ0v) is 17.0. The van der Waals surface area contributed by atoms with E-state index in [4.69, 9.17) is 0 Å². The van der Waals surface area contributed by atoms with Crippen LogP contribution < -0.4 is 15.4 Å². The van der Waals surface area contributed by atoms with E-state index in [1.807, 2.05) is 53.1 Å². The third-order valence-electron chi connectivity index (χ3n) is 5.96. The van der Waals surface area contributed by atoms with Crippen molar-refractivity contribution in [2.45, 2.75) is 13.3 Å². The fourth-order valence-electron chi connectivity index (χ4n) is 4.29. The van der Waals surface area contributed by atoms with E-state index in [1.165, 1.54) is 0 Å². The predicted molar refractivity (Wildman–Crippen MR) is 110 cm³/mol. The van der Waals surface area contributed by atoms with Crippen LogP contribution in [-0.2, 0) is 6.42 Å². The summed E-state index contributed by atoms with van der Waals surface area (Å²) in [6.07, 6.45) is 0.373. The van der Waals surface area contributed by atoms with Gasteiger partial charge >= 0.3 is 0 Å². The lowest BCUT2D eigenvalue weighted by atomic mass is 10.0. The normalized spacial score (nSPS) is 20.8. The van der Waals surface area contributed by atoms with E-state index in [2.05, 4.69) is 9.97 Å². The third kappa shape index (κ3) is 3.59. The molecule has 0 saturated carbocycles. The van der Waals surface area contributed by atoms with Crippen molar-refractivity contribution in [3.63, 3.8) is 0 Å². The number of aryl methyl sites for hydroxylation is 1. The number of anilines is 2. The van der Waals surface area contributed by atoms with Crippen molar-refractivity contribution >= 4 is 17.5 Å². The molecule has 1 aromatic heterocycles. The van der Waals surface area contributed by atoms with Crippen LogP contribution >= 0.6 is 0 Å². The lowest BCUT2D eigenvalue weighted by molar-refractivity contribution is 0.0782. The molecule has 4 rings (SSSR count). The highest BCUT2D eigenvalue weighted by Crippen LogP contribution is 2.33. The third-order valence-corrected chi connectivity index (χ3v) is 5.96. The van der Waals surface area contributed by atoms with Crippen molar-refractivity contribution in [2.24, 2.45) is 11.8 Å². The molecule has 3 heterocycles. The number of fused-ring (bicyclic) bond motifs is 1. The van der Waals surface area contributed by atoms with Crippen LogP contribution in [0, 0.1) is 17.7 Å². The van der Waals surface area contributed by atoms with E-state index in [0.717, 1.165) is 5.69 Å². The van der Waals surface area contributed by atoms with Crippen LogP contribution in [-0.4, -0.2) is 61.0 Å². The quantitative estimate of drug-likeness (QED) is 0.848. The summed E-state index contributed by atoms with van der Waals surface area (Å²) in [5, 5.41) is 0. The Labute approximate surface area is 169 Å². The second kappa shape index (κ2) is 7.50. The maximum atomic E-state index is 13.8. The van der Waals surface area contributed by atoms with Crippen LogP contribution in [0.2, 0.25) is 0 Å². The van der Waals surface area contributed by atoms with Gasteiger partial charge in [-0.2, -0.15) is 4.39 Å². The summed E-state index contributed by atoms with van der Waals surface area (Å²) in [5.74, 6) is 0.325. The molecule has 2 aliphatic rings. The molecule has 2 atom stereocenters. The van der Waals surface area contributed by atoms with Crippen LogP contribution in [0.25, 0.3) is 0 Å². The summed E-state index contributed by atoms with van der Waals surface area (Å²) in [6, 6.07) is 7.65. The molecule has 2 saturated heterocycles. The van der Waals surface area contributed by atoms with Crippen molar-refractivity contribution in [1.82, 2.24) is 14.9 Å². The highest BCUT2D eigenvalue weighted by Gasteiger charge is 2.42. The van der Waals surface area contributed by atoms with Gasteiger partial charge in [-0.25, -0.2) is 4.98 Å². The number of nitrogens with one attached hydrogen (secondary N) is 1. The van der Waals surface area contributed by atoms with Crippen LogP contribution in [0.15, 0.2) is 29.1 Å². The largest absolute Gasteiger partial charge is 0.378 e. The van der Waals surface area contributed by atoms with E-state index >= 15 is 0 Å². The highest BCUT2D eigenvalue weighted by molar-refractivity contribution is 5.94. The number of amides is 1. The molecule has 0 aliphatic carbocycles. The molecule has 0 spiro atoms. The Kier molecular flexibility index (Phi) is 5.02. The van der Waals surface area contributed by atoms with Gasteiger partial charge in [-0.3, -0.25) is 14.6 Å². The number of aromatic amines is 1. The minimum Gasteiger partial charge on any atom is -0.378 e. The summed E-state index contributed by atoms with van der Waals surface area (Å²) in [6.45, 7) is 4.54. The number of hydrogen-bond acceptors (Lipinski definition) is 5. The Bertz CT molecular complexity index is 958. The van der Waals surface area contributed by atoms with Gasteiger partial charge in [-0.15, -0.1) is 0 Å². The zero-order valence-electron chi connectivity index (χ0n) is 17.0. The molecule has 154 valence electrons. The molecule has 29 heavy (non-hydrogen) atoms. The molecule has 8 heteroatoms. The first-order valence-electron chi connectivity index (χ1n) is 9.97. The second-order valence-electron chi connectivity index (χ2n) is 8.08. The highest BCUT2D eigenvalue weighted by atomic mass is 19.1. The number of carbonyl (C=O) groups is 1. The molecule has 1 amide bonds. The summed E-state index contributed by atoms with van der Waals surface area (Å²) >= 11 is 0. The van der Waals surface area contributed by atoms with Gasteiger partial charge in [0.05, 0.1) is 5.69 Å². The Morgan fingerprint density at radius 1 is 1.17 bits per heavy atom. The van der Waals surface area contributed by atoms with Gasteiger partial charge in [-0.1, -0.05) is 6.92 Å². The molecule has 7 nitrogen and oxygen atoms in total. The Balaban J connectivity index is 1.43. The van der Waals surface area contributed by atoms with Gasteiger partial charge in [0, 0.05) is 63.4 Å². The molecule has 2 aromatic rings. The van der Waals surface area contributed by atoms with Crippen LogP contribution in [0.3, 0.4) is 0 Å². The minimum atomic E-state index is -0.798. The van der Waals surface area contributed by atoms with Gasteiger partial charge in [0.25, 0.3) is 11.5 Å². The zero-order chi connectivity index (χ0) is 20.7. The number of hydrogen-bond donors (Lipinski definition) is 1. The van der Waals surface area contributed by atoms with Crippen molar-refractivity contribution in [1.29, 1.82) is 0 Å². The number of nitrogens with zero attached hydrogens (tertiary/aromatic N) is 4. The summed E-state index contributed by atoms with van der Waals surface area (Å²) < 4.78 is 13.8. The predicted octanol–water partition coefficient (Wildman–Crippen LogP) is 1.75. The first-order valence-corrected chi connectivity index (χ1v) is 9.97. The maximum absolute atomic E-state index is 13.8. The summed E-state index contributed by atoms with van der Waals surface area (Å²) in [7, 11) is 3.94. The maximum Gasteiger partial charge on any atom is 0.288 e. The summed E-state index contributed by atoms with van der Waals surface area (Å²) in [5.41, 5.74) is 1.23. The van der Waals surface area contributed by atoms with Crippen molar-refractivity contribution < 1.29 is 9.18 Å². The van der Waals surface area contributed by atoms with Gasteiger partial charge in [0.15, 0.2) is 0 Å². The number of rotatable bonds is 4. The fraction of sp³-hybridized carbons (Fsp3) is 0.476. The van der Waals surface area contributed by atoms with Crippen LogP contribution in [0.4, 0.5) is 16.0 Å². The molecule has 1 N–H and O–H groups in total. The number of H-pyrrole nitrogens is 1. The average molecular weight is 399 g/mol. The van der Waals surface area contributed by atoms with Gasteiger partial charge in [0.1, 0.15) is 0 Å². The molecule has 1 aromatic carbocycles. The van der Waals surface area contributed by atoms with Crippen molar-refractivity contribution in [3.8, 4) is 0 Å². The SMILES string of the molecule is CCc1nc(N2CC3CN(C(=O)c4ccc(N(C)C)cc4)CC3C2)[nH]c(=O)c1F. The molecule has 0 bridgehead atoms. The smallest absolute Gasteiger partial charge is 0.288 e. The summed E-state index contributed by atoms with van der Waals surface area (Å²) in [4.78, 5) is 37.5. The molecule has 2 fully saturated rings. The lowest BCUT2D eigenvalue weighted by Gasteiger charge is -2.22. The minimum absolute atomic E-state index is 0.0536. The van der Waals surface area contributed by atoms with Gasteiger partial charge in [0.2, 0.25) is 11.8 Å². The van der Waals surface area contributed by atoms with E-state index < -0.39 is 11.4 Å². The molecule has 2 aliphatic heterocycles. The first kappa shape index (κ1) is 19.4. The molecular weight excluding hydrogens is 373 g/mol. The van der Waals surface area contributed by atoms with Crippen LogP contribution in [0.5, 0.6) is 0 Å². The second-order valence-corrected chi connectivity index (χ2v) is 8.08. The number of likely N-dealkylation sites (tertiary alicyclic amines) is 1. The first-order chi connectivity index (χ1) is 13.9. The number of carbonyl (C=O) groups excluding carboxylic acids is 1. The average Bonchev–Trinajstić information content (AvgIpc) is 3.28. The standard InChI is InChI=1S/C21H26FN5O2/c1-4-17-18(22)19(28)24-21(23-17)27-11-14-9-26(10-15(14)12-27)20(29)13-5-7-16(8-6-13)25(2)3/h5-8,14-15H,4,9-12H2,1-3H3,(H,23,24,28). The van der Waals surface area contributed by atoms with E-state index in [0.29, 0.717) is 55.9 Å². The monoisotopic (exact) mass is 399 g/mol. The molecule has 2 unspecified atom stereocenters. The number of benzene rings is 1. The van der Waals surface area contributed by atoms with Gasteiger partial charge < -0.3 is 14.7 Å². The van der Waals surface area contributed by atoms with E-state index in [9.17, 15) is 14.0 Å². The Morgan fingerprint density at radius 3 is 2.34 bits per heavy atom.